The summed E-state index contributed by atoms with van der Waals surface area (Å²) in [5.41, 5.74) is 2.38. The van der Waals surface area contributed by atoms with Crippen molar-refractivity contribution in [2.75, 3.05) is 13.2 Å². The lowest BCUT2D eigenvalue weighted by Gasteiger charge is -2.16. The van der Waals surface area contributed by atoms with Gasteiger partial charge in [0.25, 0.3) is 5.91 Å². The molecule has 1 saturated heterocycles. The van der Waals surface area contributed by atoms with E-state index in [1.807, 2.05) is 26.0 Å². The molecule has 140 valence electrons. The van der Waals surface area contributed by atoms with E-state index in [1.54, 1.807) is 13.8 Å². The summed E-state index contributed by atoms with van der Waals surface area (Å²) in [6, 6.07) is 3.46. The van der Waals surface area contributed by atoms with Crippen molar-refractivity contribution in [3.05, 3.63) is 28.8 Å². The number of fused-ring (bicyclic) bond motifs is 1. The van der Waals surface area contributed by atoms with E-state index in [-0.39, 0.29) is 30.8 Å². The summed E-state index contributed by atoms with van der Waals surface area (Å²) in [5, 5.41) is 5.61. The molecule has 1 unspecified atom stereocenters. The van der Waals surface area contributed by atoms with Crippen molar-refractivity contribution in [2.45, 2.75) is 52.1 Å². The largest absolute Gasteiger partial charge is 0.490 e. The topological polar surface area (TPSA) is 87.7 Å². The maximum Gasteiger partial charge on any atom is 0.325 e. The standard InChI is InChI=1S/C19H25N3O4/c1-11-7-8-13-14(10-26-16(13)12(11)2)20-15(23)6-5-9-22-17(24)19(3,4)21-18(22)25/h7-8,14H,5-6,9-10H2,1-4H3,(H,20,23)(H,21,25). The minimum absolute atomic E-state index is 0.115. The van der Waals surface area contributed by atoms with Crippen LogP contribution in [0.4, 0.5) is 4.79 Å². The summed E-state index contributed by atoms with van der Waals surface area (Å²) in [6.07, 6.45) is 0.669. The summed E-state index contributed by atoms with van der Waals surface area (Å²) < 4.78 is 5.74. The molecule has 26 heavy (non-hydrogen) atoms. The number of nitrogens with zero attached hydrogens (tertiary/aromatic N) is 1. The molecule has 1 aromatic carbocycles. The number of aryl methyl sites for hydroxylation is 1. The number of rotatable bonds is 5. The van der Waals surface area contributed by atoms with Crippen molar-refractivity contribution in [3.8, 4) is 5.75 Å². The van der Waals surface area contributed by atoms with Crippen molar-refractivity contribution < 1.29 is 19.1 Å². The van der Waals surface area contributed by atoms with E-state index in [4.69, 9.17) is 4.74 Å². The van der Waals surface area contributed by atoms with E-state index >= 15 is 0 Å². The summed E-state index contributed by atoms with van der Waals surface area (Å²) in [4.78, 5) is 37.4. The van der Waals surface area contributed by atoms with Gasteiger partial charge in [-0.1, -0.05) is 12.1 Å². The van der Waals surface area contributed by atoms with Crippen molar-refractivity contribution in [1.82, 2.24) is 15.5 Å². The highest BCUT2D eigenvalue weighted by atomic mass is 16.5. The van der Waals surface area contributed by atoms with Gasteiger partial charge in [-0.15, -0.1) is 0 Å². The monoisotopic (exact) mass is 359 g/mol. The molecule has 2 aliphatic heterocycles. The number of nitrogens with one attached hydrogen (secondary N) is 2. The highest BCUT2D eigenvalue weighted by molar-refractivity contribution is 6.06. The number of urea groups is 1. The lowest BCUT2D eigenvalue weighted by Crippen LogP contribution is -2.40. The number of imide groups is 1. The Morgan fingerprint density at radius 1 is 1.35 bits per heavy atom. The molecule has 7 nitrogen and oxygen atoms in total. The molecular formula is C19H25N3O4. The minimum Gasteiger partial charge on any atom is -0.490 e. The number of carbonyl (C=O) groups is 3. The van der Waals surface area contributed by atoms with Crippen LogP contribution in [-0.4, -0.2) is 41.4 Å². The number of benzene rings is 1. The molecule has 2 aliphatic rings. The zero-order valence-electron chi connectivity index (χ0n) is 15.6. The molecule has 3 rings (SSSR count). The van der Waals surface area contributed by atoms with Gasteiger partial charge in [0.15, 0.2) is 0 Å². The Morgan fingerprint density at radius 3 is 2.73 bits per heavy atom. The Labute approximate surface area is 153 Å². The highest BCUT2D eigenvalue weighted by Gasteiger charge is 2.43. The summed E-state index contributed by atoms with van der Waals surface area (Å²) in [5.74, 6) is 0.486. The van der Waals surface area contributed by atoms with Gasteiger partial charge >= 0.3 is 6.03 Å². The molecule has 1 aromatic rings. The first kappa shape index (κ1) is 18.2. The van der Waals surface area contributed by atoms with Crippen molar-refractivity contribution in [1.29, 1.82) is 0 Å². The molecule has 2 heterocycles. The van der Waals surface area contributed by atoms with Gasteiger partial charge in [-0.05, 0) is 45.2 Å². The van der Waals surface area contributed by atoms with Crippen LogP contribution in [0, 0.1) is 13.8 Å². The molecule has 0 aromatic heterocycles. The second-order valence-electron chi connectivity index (χ2n) is 7.47. The second kappa shape index (κ2) is 6.63. The Balaban J connectivity index is 1.52. The first-order valence-corrected chi connectivity index (χ1v) is 8.87. The molecule has 0 saturated carbocycles. The van der Waals surface area contributed by atoms with Crippen molar-refractivity contribution in [2.24, 2.45) is 0 Å². The summed E-state index contributed by atoms with van der Waals surface area (Å²) in [6.45, 7) is 8.03. The average Bonchev–Trinajstić information content (AvgIpc) is 3.05. The van der Waals surface area contributed by atoms with E-state index in [9.17, 15) is 14.4 Å². The molecule has 4 amide bonds. The third-order valence-electron chi connectivity index (χ3n) is 5.04. The fraction of sp³-hybridized carbons (Fsp3) is 0.526. The molecular weight excluding hydrogens is 334 g/mol. The first-order valence-electron chi connectivity index (χ1n) is 8.87. The molecule has 0 bridgehead atoms. The zero-order chi connectivity index (χ0) is 19.1. The van der Waals surface area contributed by atoms with Crippen LogP contribution in [0.1, 0.15) is 49.4 Å². The number of hydrogen-bond donors (Lipinski definition) is 2. The number of hydrogen-bond acceptors (Lipinski definition) is 4. The molecule has 0 aliphatic carbocycles. The normalized spacial score (nSPS) is 20.6. The van der Waals surface area contributed by atoms with Crippen LogP contribution in [0.15, 0.2) is 12.1 Å². The van der Waals surface area contributed by atoms with Crippen LogP contribution >= 0.6 is 0 Å². The Hall–Kier alpha value is -2.57. The quantitative estimate of drug-likeness (QED) is 0.787. The van der Waals surface area contributed by atoms with Gasteiger partial charge in [0.2, 0.25) is 5.91 Å². The zero-order valence-corrected chi connectivity index (χ0v) is 15.6. The van der Waals surface area contributed by atoms with E-state index in [1.165, 1.54) is 4.90 Å². The van der Waals surface area contributed by atoms with E-state index < -0.39 is 11.6 Å². The highest BCUT2D eigenvalue weighted by Crippen LogP contribution is 2.36. The van der Waals surface area contributed by atoms with Crippen LogP contribution in [-0.2, 0) is 9.59 Å². The van der Waals surface area contributed by atoms with Gasteiger partial charge in [0.1, 0.15) is 17.9 Å². The molecule has 1 atom stereocenters. The van der Waals surface area contributed by atoms with Crippen LogP contribution in [0.25, 0.3) is 0 Å². The van der Waals surface area contributed by atoms with E-state index in [0.717, 1.165) is 22.4 Å². The third-order valence-corrected chi connectivity index (χ3v) is 5.04. The van der Waals surface area contributed by atoms with Gasteiger partial charge < -0.3 is 15.4 Å². The Morgan fingerprint density at radius 2 is 2.08 bits per heavy atom. The number of ether oxygens (including phenoxy) is 1. The van der Waals surface area contributed by atoms with Gasteiger partial charge in [-0.25, -0.2) is 4.79 Å². The van der Waals surface area contributed by atoms with Crippen LogP contribution < -0.4 is 15.4 Å². The van der Waals surface area contributed by atoms with Gasteiger partial charge in [-0.2, -0.15) is 0 Å². The minimum atomic E-state index is -0.875. The lowest BCUT2D eigenvalue weighted by molar-refractivity contribution is -0.130. The molecule has 7 heteroatoms. The second-order valence-corrected chi connectivity index (χ2v) is 7.47. The maximum absolute atomic E-state index is 12.3. The SMILES string of the molecule is Cc1ccc2c(c1C)OCC2NC(=O)CCCN1C(=O)NC(C)(C)C1=O. The predicted molar refractivity (Wildman–Crippen MR) is 95.9 cm³/mol. The lowest BCUT2D eigenvalue weighted by atomic mass is 10.0. The molecule has 1 fully saturated rings. The number of amides is 4. The van der Waals surface area contributed by atoms with Gasteiger partial charge in [0.05, 0.1) is 6.04 Å². The van der Waals surface area contributed by atoms with Crippen LogP contribution in [0.5, 0.6) is 5.75 Å². The Bertz CT molecular complexity index is 772. The van der Waals surface area contributed by atoms with Gasteiger partial charge in [-0.3, -0.25) is 14.5 Å². The van der Waals surface area contributed by atoms with E-state index in [0.29, 0.717) is 13.0 Å². The summed E-state index contributed by atoms with van der Waals surface area (Å²) >= 11 is 0. The molecule has 2 N–H and O–H groups in total. The summed E-state index contributed by atoms with van der Waals surface area (Å²) in [7, 11) is 0. The Kier molecular flexibility index (Phi) is 4.64. The van der Waals surface area contributed by atoms with E-state index in [2.05, 4.69) is 10.6 Å². The third kappa shape index (κ3) is 3.25. The molecule has 0 radical (unpaired) electrons. The maximum atomic E-state index is 12.3. The van der Waals surface area contributed by atoms with Crippen LogP contribution in [0.2, 0.25) is 0 Å². The first-order chi connectivity index (χ1) is 12.2. The van der Waals surface area contributed by atoms with Crippen molar-refractivity contribution in [3.63, 3.8) is 0 Å². The van der Waals surface area contributed by atoms with Crippen LogP contribution in [0.3, 0.4) is 0 Å². The van der Waals surface area contributed by atoms with Crippen molar-refractivity contribution >= 4 is 17.8 Å². The predicted octanol–water partition coefficient (Wildman–Crippen LogP) is 1.96. The smallest absolute Gasteiger partial charge is 0.325 e. The fourth-order valence-corrected chi connectivity index (χ4v) is 3.34. The molecule has 0 spiro atoms. The van der Waals surface area contributed by atoms with Gasteiger partial charge in [0, 0.05) is 18.5 Å². The number of carbonyl (C=O) groups excluding carboxylic acids is 3. The average molecular weight is 359 g/mol. The fourth-order valence-electron chi connectivity index (χ4n) is 3.34.